The van der Waals surface area contributed by atoms with Crippen molar-refractivity contribution in [2.45, 2.75) is 51.3 Å². The first-order valence-corrected chi connectivity index (χ1v) is 10.8. The van der Waals surface area contributed by atoms with Crippen LogP contribution in [0.1, 0.15) is 36.4 Å². The second kappa shape index (κ2) is 8.82. The van der Waals surface area contributed by atoms with E-state index in [9.17, 15) is 9.59 Å². The summed E-state index contributed by atoms with van der Waals surface area (Å²) in [5, 5.41) is 9.01. The molecule has 1 fully saturated rings. The summed E-state index contributed by atoms with van der Waals surface area (Å²) in [5.41, 5.74) is 0.901. The molecule has 2 aliphatic rings. The second-order valence-electron chi connectivity index (χ2n) is 7.50. The molecule has 1 saturated carbocycles. The number of para-hydroxylation sites is 2. The van der Waals surface area contributed by atoms with E-state index in [0.29, 0.717) is 18.0 Å². The normalized spacial score (nSPS) is 23.3. The van der Waals surface area contributed by atoms with Gasteiger partial charge in [-0.1, -0.05) is 12.1 Å². The zero-order chi connectivity index (χ0) is 20.2. The van der Waals surface area contributed by atoms with Crippen molar-refractivity contribution in [1.29, 1.82) is 0 Å². The Morgan fingerprint density at radius 1 is 1.14 bits per heavy atom. The minimum Gasteiger partial charge on any atom is -0.485 e. The highest BCUT2D eigenvalue weighted by atomic mass is 32.1. The van der Waals surface area contributed by atoms with Gasteiger partial charge >= 0.3 is 0 Å². The Kier molecular flexibility index (Phi) is 5.99. The molecule has 1 aliphatic heterocycles. The van der Waals surface area contributed by atoms with Gasteiger partial charge < -0.3 is 20.1 Å². The number of aryl methyl sites for hydroxylation is 1. The van der Waals surface area contributed by atoms with E-state index in [1.165, 1.54) is 0 Å². The van der Waals surface area contributed by atoms with Crippen molar-refractivity contribution >= 4 is 23.2 Å². The van der Waals surface area contributed by atoms with Crippen molar-refractivity contribution in [3.63, 3.8) is 0 Å². The van der Waals surface area contributed by atoms with Crippen LogP contribution in [0.3, 0.4) is 0 Å². The minimum atomic E-state index is -0.646. The highest BCUT2D eigenvalue weighted by Crippen LogP contribution is 2.31. The topological polar surface area (TPSA) is 89.6 Å². The van der Waals surface area contributed by atoms with Crippen LogP contribution in [-0.2, 0) is 16.1 Å². The molecule has 0 spiro atoms. The maximum absolute atomic E-state index is 12.6. The fourth-order valence-electron chi connectivity index (χ4n) is 3.75. The standard InChI is InChI=1S/C21H25N3O4S/c1-13-23-16(12-29-13)10-22-20(25)14-6-8-15(9-7-14)24-21(26)19-11-27-17-4-2-3-5-18(17)28-19/h2-5,12,14-15,19H,6-11H2,1H3,(H,22,25)(H,24,26). The molecule has 8 heteroatoms. The van der Waals surface area contributed by atoms with E-state index in [2.05, 4.69) is 15.6 Å². The van der Waals surface area contributed by atoms with E-state index >= 15 is 0 Å². The van der Waals surface area contributed by atoms with Gasteiger partial charge in [0.15, 0.2) is 11.5 Å². The average Bonchev–Trinajstić information content (AvgIpc) is 3.17. The fourth-order valence-corrected chi connectivity index (χ4v) is 4.37. The number of aromatic nitrogens is 1. The number of carbonyl (C=O) groups excluding carboxylic acids is 2. The highest BCUT2D eigenvalue weighted by Gasteiger charge is 2.31. The summed E-state index contributed by atoms with van der Waals surface area (Å²) in [6.07, 6.45) is 2.44. The first kappa shape index (κ1) is 19.7. The van der Waals surface area contributed by atoms with Gasteiger partial charge in [0.2, 0.25) is 12.0 Å². The first-order valence-electron chi connectivity index (χ1n) is 9.96. The van der Waals surface area contributed by atoms with Crippen molar-refractivity contribution < 1.29 is 19.1 Å². The molecule has 1 aromatic carbocycles. The predicted molar refractivity (Wildman–Crippen MR) is 109 cm³/mol. The lowest BCUT2D eigenvalue weighted by molar-refractivity contribution is -0.131. The summed E-state index contributed by atoms with van der Waals surface area (Å²) < 4.78 is 11.4. The van der Waals surface area contributed by atoms with Crippen LogP contribution in [0.4, 0.5) is 0 Å². The van der Waals surface area contributed by atoms with E-state index in [0.717, 1.165) is 36.4 Å². The van der Waals surface area contributed by atoms with Crippen LogP contribution in [0.25, 0.3) is 0 Å². The van der Waals surface area contributed by atoms with E-state index in [1.54, 1.807) is 17.4 Å². The summed E-state index contributed by atoms with van der Waals surface area (Å²) in [7, 11) is 0. The van der Waals surface area contributed by atoms with Crippen molar-refractivity contribution in [2.24, 2.45) is 5.92 Å². The Morgan fingerprint density at radius 3 is 2.62 bits per heavy atom. The van der Waals surface area contributed by atoms with E-state index in [-0.39, 0.29) is 30.4 Å². The third kappa shape index (κ3) is 4.87. The van der Waals surface area contributed by atoms with Crippen LogP contribution in [-0.4, -0.2) is 35.6 Å². The molecule has 2 amide bonds. The number of hydrogen-bond acceptors (Lipinski definition) is 6. The molecule has 0 radical (unpaired) electrons. The van der Waals surface area contributed by atoms with Crippen LogP contribution in [0, 0.1) is 12.8 Å². The molecule has 1 unspecified atom stereocenters. The van der Waals surface area contributed by atoms with Gasteiger partial charge in [0, 0.05) is 17.3 Å². The summed E-state index contributed by atoms with van der Waals surface area (Å²) in [6.45, 7) is 2.63. The maximum atomic E-state index is 12.6. The van der Waals surface area contributed by atoms with Crippen LogP contribution in [0.15, 0.2) is 29.6 Å². The quantitative estimate of drug-likeness (QED) is 0.784. The van der Waals surface area contributed by atoms with Crippen molar-refractivity contribution in [1.82, 2.24) is 15.6 Å². The molecule has 154 valence electrons. The maximum Gasteiger partial charge on any atom is 0.264 e. The van der Waals surface area contributed by atoms with Gasteiger partial charge in [0.25, 0.3) is 5.91 Å². The second-order valence-corrected chi connectivity index (χ2v) is 8.56. The van der Waals surface area contributed by atoms with Gasteiger partial charge in [-0.05, 0) is 44.7 Å². The largest absolute Gasteiger partial charge is 0.485 e. The molecule has 2 aromatic rings. The summed E-state index contributed by atoms with van der Waals surface area (Å²) >= 11 is 1.58. The van der Waals surface area contributed by atoms with Crippen molar-refractivity contribution in [2.75, 3.05) is 6.61 Å². The molecular weight excluding hydrogens is 390 g/mol. The Hall–Kier alpha value is -2.61. The molecule has 1 aromatic heterocycles. The third-order valence-electron chi connectivity index (χ3n) is 5.36. The molecule has 2 N–H and O–H groups in total. The average molecular weight is 416 g/mol. The Balaban J connectivity index is 1.20. The van der Waals surface area contributed by atoms with E-state index in [1.807, 2.05) is 30.5 Å². The number of nitrogens with zero attached hydrogens (tertiary/aromatic N) is 1. The van der Waals surface area contributed by atoms with Crippen molar-refractivity contribution in [3.05, 3.63) is 40.3 Å². The Morgan fingerprint density at radius 2 is 1.90 bits per heavy atom. The van der Waals surface area contributed by atoms with Gasteiger partial charge in [0.1, 0.15) is 6.61 Å². The van der Waals surface area contributed by atoms with Gasteiger partial charge in [-0.15, -0.1) is 11.3 Å². The molecule has 0 bridgehead atoms. The van der Waals surface area contributed by atoms with E-state index in [4.69, 9.17) is 9.47 Å². The number of thiazole rings is 1. The zero-order valence-electron chi connectivity index (χ0n) is 16.3. The molecule has 0 saturated heterocycles. The lowest BCUT2D eigenvalue weighted by atomic mass is 9.85. The number of benzene rings is 1. The highest BCUT2D eigenvalue weighted by molar-refractivity contribution is 7.09. The monoisotopic (exact) mass is 415 g/mol. The number of rotatable bonds is 5. The number of nitrogens with one attached hydrogen (secondary N) is 2. The van der Waals surface area contributed by atoms with Gasteiger partial charge in [-0.2, -0.15) is 0 Å². The molecule has 1 aliphatic carbocycles. The summed E-state index contributed by atoms with van der Waals surface area (Å²) in [4.78, 5) is 29.3. The number of carbonyl (C=O) groups is 2. The summed E-state index contributed by atoms with van der Waals surface area (Å²) in [5.74, 6) is 1.15. The molecule has 1 atom stereocenters. The van der Waals surface area contributed by atoms with E-state index < -0.39 is 6.10 Å². The predicted octanol–water partition coefficient (Wildman–Crippen LogP) is 2.58. The Bertz CT molecular complexity index is 876. The van der Waals surface area contributed by atoms with Crippen LogP contribution in [0.5, 0.6) is 11.5 Å². The summed E-state index contributed by atoms with van der Waals surface area (Å²) in [6, 6.07) is 7.41. The molecule has 2 heterocycles. The first-order chi connectivity index (χ1) is 14.1. The molecule has 7 nitrogen and oxygen atoms in total. The molecule has 4 rings (SSSR count). The number of ether oxygens (including phenoxy) is 2. The smallest absolute Gasteiger partial charge is 0.264 e. The Labute approximate surface area is 173 Å². The van der Waals surface area contributed by atoms with Gasteiger partial charge in [-0.25, -0.2) is 4.98 Å². The number of amides is 2. The molecular formula is C21H25N3O4S. The van der Waals surface area contributed by atoms with Crippen molar-refractivity contribution in [3.8, 4) is 11.5 Å². The minimum absolute atomic E-state index is 0.0102. The fraction of sp³-hybridized carbons (Fsp3) is 0.476. The van der Waals surface area contributed by atoms with Crippen LogP contribution < -0.4 is 20.1 Å². The lowest BCUT2D eigenvalue weighted by Gasteiger charge is -2.31. The van der Waals surface area contributed by atoms with Crippen LogP contribution >= 0.6 is 11.3 Å². The SMILES string of the molecule is Cc1nc(CNC(=O)C2CCC(NC(=O)C3COc4ccccc4O3)CC2)cs1. The third-order valence-corrected chi connectivity index (χ3v) is 6.18. The number of fused-ring (bicyclic) bond motifs is 1. The lowest BCUT2D eigenvalue weighted by Crippen LogP contribution is -2.49. The van der Waals surface area contributed by atoms with Crippen LogP contribution in [0.2, 0.25) is 0 Å². The zero-order valence-corrected chi connectivity index (χ0v) is 17.2. The number of hydrogen-bond donors (Lipinski definition) is 2. The van der Waals surface area contributed by atoms with Gasteiger partial charge in [-0.3, -0.25) is 9.59 Å². The molecule has 29 heavy (non-hydrogen) atoms. The van der Waals surface area contributed by atoms with Gasteiger partial charge in [0.05, 0.1) is 17.2 Å².